The van der Waals surface area contributed by atoms with Crippen molar-refractivity contribution in [2.75, 3.05) is 41.7 Å². The molecular weight excluding hydrogens is 627 g/mol. The number of benzene rings is 2. The lowest BCUT2D eigenvalue weighted by atomic mass is 10.00. The van der Waals surface area contributed by atoms with E-state index in [9.17, 15) is 22.8 Å². The number of ether oxygens (including phenoxy) is 2. The molecule has 1 atom stereocenters. The van der Waals surface area contributed by atoms with Gasteiger partial charge in [-0.1, -0.05) is 30.3 Å². The van der Waals surface area contributed by atoms with Gasteiger partial charge in [0.05, 0.1) is 29.6 Å². The van der Waals surface area contributed by atoms with Crippen LogP contribution in [0.3, 0.4) is 0 Å². The number of carbonyl (C=O) groups excluding carboxylic acids is 3. The summed E-state index contributed by atoms with van der Waals surface area (Å²) in [6.07, 6.45) is 1.50. The molecule has 258 valence electrons. The third-order valence-electron chi connectivity index (χ3n) is 7.93. The predicted molar refractivity (Wildman–Crippen MR) is 179 cm³/mol. The highest BCUT2D eigenvalue weighted by Crippen LogP contribution is 2.32. The van der Waals surface area contributed by atoms with Crippen LogP contribution in [0.25, 0.3) is 0 Å². The Hall–Kier alpha value is -3.71. The summed E-state index contributed by atoms with van der Waals surface area (Å²) >= 11 is 0. The van der Waals surface area contributed by atoms with Crippen molar-refractivity contribution in [2.45, 2.75) is 90.4 Å². The van der Waals surface area contributed by atoms with E-state index in [1.165, 1.54) is 17.0 Å². The summed E-state index contributed by atoms with van der Waals surface area (Å²) in [7, 11) is -3.79. The quantitative estimate of drug-likeness (QED) is 0.344. The van der Waals surface area contributed by atoms with Gasteiger partial charge in [-0.3, -0.25) is 18.8 Å². The van der Waals surface area contributed by atoms with Gasteiger partial charge in [0.15, 0.2) is 11.6 Å². The molecule has 2 saturated heterocycles. The number of halogens is 1. The fourth-order valence-corrected chi connectivity index (χ4v) is 7.33. The minimum absolute atomic E-state index is 0.0836. The molecule has 0 spiro atoms. The summed E-state index contributed by atoms with van der Waals surface area (Å²) in [6.45, 7) is 9.57. The van der Waals surface area contributed by atoms with Crippen LogP contribution in [0, 0.1) is 5.82 Å². The Morgan fingerprint density at radius 3 is 2.38 bits per heavy atom. The normalized spacial score (nSPS) is 17.6. The lowest BCUT2D eigenvalue weighted by Gasteiger charge is -2.35. The van der Waals surface area contributed by atoms with Crippen molar-refractivity contribution in [1.82, 2.24) is 10.2 Å². The number of nitrogens with one attached hydrogen (secondary N) is 2. The lowest BCUT2D eigenvalue weighted by molar-refractivity contribution is -0.123. The maximum atomic E-state index is 16.2. The van der Waals surface area contributed by atoms with Crippen LogP contribution in [0.2, 0.25) is 0 Å². The highest BCUT2D eigenvalue weighted by Gasteiger charge is 2.35. The summed E-state index contributed by atoms with van der Waals surface area (Å²) in [5, 5.41) is 5.86. The fraction of sp³-hybridized carbons (Fsp3) is 0.559. The van der Waals surface area contributed by atoms with Crippen molar-refractivity contribution >= 4 is 39.2 Å². The number of Topliss-reactive ketones (excluding diaryl/α,β-unsaturated/α-hetero) is 1. The van der Waals surface area contributed by atoms with Gasteiger partial charge in [-0.05, 0) is 84.4 Å². The minimum Gasteiger partial charge on any atom is -0.444 e. The predicted octanol–water partition coefficient (Wildman–Crippen LogP) is 4.90. The standard InChI is InChI=1S/C34H47FN4O7S/c1-23(2)36-25-20-27(31(35)29(21-25)39-15-9-10-18-47(39,43)44)32(41)37-28(19-24-11-7-6-8-12-24)30(40)22-38(26-13-16-45-17-14-26)33(42)46-34(3,4)5/h6-8,11-12,20-21,23,26,28,36H,9-10,13-19,22H2,1-5H3,(H,37,41)/t28-/m0/s1. The molecule has 2 amide bonds. The van der Waals surface area contributed by atoms with Crippen LogP contribution < -0.4 is 14.9 Å². The summed E-state index contributed by atoms with van der Waals surface area (Å²) in [5.41, 5.74) is -0.304. The maximum Gasteiger partial charge on any atom is 0.410 e. The lowest BCUT2D eigenvalue weighted by Crippen LogP contribution is -2.52. The van der Waals surface area contributed by atoms with E-state index in [-0.39, 0.29) is 43.0 Å². The Morgan fingerprint density at radius 2 is 1.77 bits per heavy atom. The van der Waals surface area contributed by atoms with Gasteiger partial charge in [-0.25, -0.2) is 17.6 Å². The number of amides is 2. The van der Waals surface area contributed by atoms with E-state index < -0.39 is 50.8 Å². The summed E-state index contributed by atoms with van der Waals surface area (Å²) in [4.78, 5) is 42.7. The zero-order valence-electron chi connectivity index (χ0n) is 27.9. The summed E-state index contributed by atoms with van der Waals surface area (Å²) in [6, 6.07) is 10.2. The average Bonchev–Trinajstić information content (AvgIpc) is 3.00. The monoisotopic (exact) mass is 674 g/mol. The van der Waals surface area contributed by atoms with Crippen molar-refractivity contribution in [1.29, 1.82) is 0 Å². The Balaban J connectivity index is 1.68. The van der Waals surface area contributed by atoms with Gasteiger partial charge in [0.2, 0.25) is 10.0 Å². The highest BCUT2D eigenvalue weighted by atomic mass is 32.2. The number of sulfonamides is 1. The largest absolute Gasteiger partial charge is 0.444 e. The average molecular weight is 675 g/mol. The molecule has 11 nitrogen and oxygen atoms in total. The molecule has 2 fully saturated rings. The van der Waals surface area contributed by atoms with Crippen LogP contribution in [0.1, 0.15) is 76.2 Å². The summed E-state index contributed by atoms with van der Waals surface area (Å²) < 4.78 is 54.2. The molecule has 0 radical (unpaired) electrons. The Morgan fingerprint density at radius 1 is 1.09 bits per heavy atom. The van der Waals surface area contributed by atoms with Gasteiger partial charge in [0, 0.05) is 37.5 Å². The smallest absolute Gasteiger partial charge is 0.410 e. The topological polar surface area (TPSA) is 134 Å². The minimum atomic E-state index is -3.79. The molecule has 2 N–H and O–H groups in total. The first-order valence-electron chi connectivity index (χ1n) is 16.2. The van der Waals surface area contributed by atoms with Gasteiger partial charge in [-0.15, -0.1) is 0 Å². The molecule has 4 rings (SSSR count). The fourth-order valence-electron chi connectivity index (χ4n) is 5.70. The van der Waals surface area contributed by atoms with E-state index in [1.54, 1.807) is 32.9 Å². The van der Waals surface area contributed by atoms with E-state index in [4.69, 9.17) is 9.47 Å². The first kappa shape index (κ1) is 36.1. The first-order chi connectivity index (χ1) is 22.1. The van der Waals surface area contributed by atoms with E-state index in [0.29, 0.717) is 44.6 Å². The number of anilines is 2. The SMILES string of the molecule is CC(C)Nc1cc(C(=O)N[C@@H](Cc2ccccc2)C(=O)CN(C(=O)OC(C)(C)C)C2CCOCC2)c(F)c(N2CCCCS2(=O)=O)c1. The van der Waals surface area contributed by atoms with E-state index in [0.717, 1.165) is 9.87 Å². The second-order valence-corrected chi connectivity index (χ2v) is 15.4. The Bertz CT molecular complexity index is 1520. The molecule has 47 heavy (non-hydrogen) atoms. The zero-order chi connectivity index (χ0) is 34.4. The van der Waals surface area contributed by atoms with Crippen molar-refractivity contribution in [3.63, 3.8) is 0 Å². The molecule has 0 aromatic heterocycles. The van der Waals surface area contributed by atoms with Crippen molar-refractivity contribution < 1.29 is 36.7 Å². The molecule has 2 heterocycles. The first-order valence-corrected chi connectivity index (χ1v) is 17.8. The summed E-state index contributed by atoms with van der Waals surface area (Å²) in [5.74, 6) is -2.46. The van der Waals surface area contributed by atoms with E-state index in [1.807, 2.05) is 32.0 Å². The Kier molecular flexibility index (Phi) is 11.9. The number of rotatable bonds is 11. The third kappa shape index (κ3) is 9.90. The number of nitrogens with zero attached hydrogens (tertiary/aromatic N) is 2. The van der Waals surface area contributed by atoms with Crippen LogP contribution in [0.5, 0.6) is 0 Å². The van der Waals surface area contributed by atoms with Crippen molar-refractivity contribution in [3.05, 3.63) is 59.4 Å². The number of ketones is 1. The molecule has 2 aromatic carbocycles. The molecule has 0 aliphatic carbocycles. The van der Waals surface area contributed by atoms with Crippen molar-refractivity contribution in [2.24, 2.45) is 0 Å². The molecule has 2 aliphatic rings. The Labute approximate surface area is 277 Å². The third-order valence-corrected chi connectivity index (χ3v) is 9.79. The second kappa shape index (κ2) is 15.5. The molecule has 2 aliphatic heterocycles. The number of hydrogen-bond acceptors (Lipinski definition) is 8. The van der Waals surface area contributed by atoms with Crippen LogP contribution in [-0.2, 0) is 30.7 Å². The second-order valence-electron chi connectivity index (χ2n) is 13.4. The van der Waals surface area contributed by atoms with E-state index >= 15 is 4.39 Å². The van der Waals surface area contributed by atoms with Gasteiger partial charge in [0.1, 0.15) is 5.60 Å². The van der Waals surface area contributed by atoms with Crippen molar-refractivity contribution in [3.8, 4) is 0 Å². The molecule has 0 bridgehead atoms. The van der Waals surface area contributed by atoms with Gasteiger partial charge < -0.3 is 20.1 Å². The zero-order valence-corrected chi connectivity index (χ0v) is 28.7. The molecule has 0 unspecified atom stereocenters. The highest BCUT2D eigenvalue weighted by molar-refractivity contribution is 7.92. The van der Waals surface area contributed by atoms with Crippen LogP contribution in [-0.4, -0.2) is 86.9 Å². The van der Waals surface area contributed by atoms with Crippen LogP contribution in [0.15, 0.2) is 42.5 Å². The van der Waals surface area contributed by atoms with Gasteiger partial charge >= 0.3 is 6.09 Å². The molecule has 0 saturated carbocycles. The number of hydrogen-bond donors (Lipinski definition) is 2. The van der Waals surface area contributed by atoms with E-state index in [2.05, 4.69) is 10.6 Å². The van der Waals surface area contributed by atoms with Gasteiger partial charge in [0.25, 0.3) is 5.91 Å². The number of carbonyl (C=O) groups is 3. The molecule has 2 aromatic rings. The molecular formula is C34H47FN4O7S. The van der Waals surface area contributed by atoms with Crippen LogP contribution >= 0.6 is 0 Å². The van der Waals surface area contributed by atoms with Gasteiger partial charge in [-0.2, -0.15) is 0 Å². The molecule has 13 heteroatoms. The maximum absolute atomic E-state index is 16.2. The van der Waals surface area contributed by atoms with Crippen LogP contribution in [0.4, 0.5) is 20.6 Å².